The third-order valence-corrected chi connectivity index (χ3v) is 8.24. The Balaban J connectivity index is 1.32. The number of benzene rings is 1. The molecule has 3 nitrogen and oxygen atoms in total. The minimum absolute atomic E-state index is 0.00524. The molecular weight excluding hydrogens is 396 g/mol. The fourth-order valence-electron chi connectivity index (χ4n) is 6.81. The number of ether oxygens (including phenoxy) is 1. The largest absolute Gasteiger partial charge is 0.512 e. The second kappa shape index (κ2) is 9.29. The number of aliphatic hydroxyl groups excluding tert-OH is 1. The fourth-order valence-corrected chi connectivity index (χ4v) is 6.81. The lowest BCUT2D eigenvalue weighted by molar-refractivity contribution is -0.124. The molecule has 0 saturated heterocycles. The van der Waals surface area contributed by atoms with Gasteiger partial charge in [-0.25, -0.2) is 0 Å². The maximum Gasteiger partial charge on any atom is 0.133 e. The molecule has 2 saturated carbocycles. The summed E-state index contributed by atoms with van der Waals surface area (Å²) in [4.78, 5) is 12.3. The van der Waals surface area contributed by atoms with Crippen LogP contribution in [-0.4, -0.2) is 17.0 Å². The molecule has 5 rings (SSSR count). The Kier molecular flexibility index (Phi) is 6.26. The Bertz CT molecular complexity index is 938. The summed E-state index contributed by atoms with van der Waals surface area (Å²) in [5.41, 5.74) is 4.19. The monoisotopic (exact) mass is 432 g/mol. The van der Waals surface area contributed by atoms with Crippen LogP contribution >= 0.6 is 0 Å². The first-order valence-corrected chi connectivity index (χ1v) is 12.7. The zero-order chi connectivity index (χ0) is 22.1. The maximum absolute atomic E-state index is 12.3. The first-order chi connectivity index (χ1) is 15.6. The quantitative estimate of drug-likeness (QED) is 0.534. The number of hydrogen-bond donors (Lipinski definition) is 1. The number of rotatable bonds is 6. The van der Waals surface area contributed by atoms with Gasteiger partial charge in [-0.05, 0) is 86.8 Å². The van der Waals surface area contributed by atoms with Gasteiger partial charge in [-0.15, -0.1) is 0 Å². The van der Waals surface area contributed by atoms with Gasteiger partial charge in [-0.1, -0.05) is 42.3 Å². The van der Waals surface area contributed by atoms with E-state index in [1.54, 1.807) is 5.57 Å². The Morgan fingerprint density at radius 1 is 1.06 bits per heavy atom. The molecule has 3 heteroatoms. The van der Waals surface area contributed by atoms with E-state index in [1.807, 2.05) is 6.08 Å². The number of aliphatic hydroxyl groups is 1. The summed E-state index contributed by atoms with van der Waals surface area (Å²) in [5, 5.41) is 11.1. The van der Waals surface area contributed by atoms with Crippen LogP contribution in [0.2, 0.25) is 0 Å². The molecule has 0 spiro atoms. The summed E-state index contributed by atoms with van der Waals surface area (Å²) in [6, 6.07) is 10.6. The molecule has 1 aromatic rings. The van der Waals surface area contributed by atoms with Crippen LogP contribution in [-0.2, 0) is 16.0 Å². The molecular formula is C29H36O3. The van der Waals surface area contributed by atoms with Gasteiger partial charge < -0.3 is 9.84 Å². The third kappa shape index (κ3) is 4.31. The lowest BCUT2D eigenvalue weighted by Crippen LogP contribution is -2.43. The van der Waals surface area contributed by atoms with E-state index >= 15 is 0 Å². The van der Waals surface area contributed by atoms with E-state index in [0.29, 0.717) is 29.8 Å². The maximum atomic E-state index is 12.3. The van der Waals surface area contributed by atoms with Gasteiger partial charge in [0.15, 0.2) is 0 Å². The molecule has 0 aliphatic heterocycles. The van der Waals surface area contributed by atoms with Crippen LogP contribution in [0.15, 0.2) is 65.1 Å². The predicted octanol–water partition coefficient (Wildman–Crippen LogP) is 6.86. The second-order valence-corrected chi connectivity index (χ2v) is 10.3. The van der Waals surface area contributed by atoms with Gasteiger partial charge in [-0.2, -0.15) is 0 Å². The molecule has 0 heterocycles. The van der Waals surface area contributed by atoms with E-state index < -0.39 is 0 Å². The van der Waals surface area contributed by atoms with Crippen molar-refractivity contribution < 1.29 is 14.6 Å². The average Bonchev–Trinajstić information content (AvgIpc) is 2.79. The zero-order valence-electron chi connectivity index (χ0n) is 19.3. The summed E-state index contributed by atoms with van der Waals surface area (Å²) in [5.74, 6) is 2.98. The minimum Gasteiger partial charge on any atom is -0.512 e. The summed E-state index contributed by atoms with van der Waals surface area (Å²) < 4.78 is 6.31. The molecule has 0 aromatic heterocycles. The molecule has 4 aliphatic rings. The number of allylic oxidation sites excluding steroid dienone is 4. The first-order valence-electron chi connectivity index (χ1n) is 12.7. The normalized spacial score (nSPS) is 30.5. The highest BCUT2D eigenvalue weighted by atomic mass is 16.5. The van der Waals surface area contributed by atoms with Crippen LogP contribution < -0.4 is 0 Å². The van der Waals surface area contributed by atoms with E-state index in [2.05, 4.69) is 43.3 Å². The van der Waals surface area contributed by atoms with E-state index in [1.165, 1.54) is 30.4 Å². The van der Waals surface area contributed by atoms with E-state index in [0.717, 1.165) is 44.3 Å². The van der Waals surface area contributed by atoms with Gasteiger partial charge in [0.05, 0.1) is 6.10 Å². The number of Topliss-reactive ketones (excluding diaryl/α,β-unsaturated/α-hetero) is 1. The lowest BCUT2D eigenvalue weighted by Gasteiger charge is -2.49. The molecule has 1 aromatic carbocycles. The third-order valence-electron chi connectivity index (χ3n) is 8.24. The van der Waals surface area contributed by atoms with Crippen molar-refractivity contribution in [2.75, 3.05) is 0 Å². The highest BCUT2D eigenvalue weighted by molar-refractivity contribution is 5.80. The van der Waals surface area contributed by atoms with Crippen molar-refractivity contribution in [1.82, 2.24) is 0 Å². The summed E-state index contributed by atoms with van der Waals surface area (Å²) >= 11 is 0. The minimum atomic E-state index is -0.00524. The van der Waals surface area contributed by atoms with Gasteiger partial charge in [-0.3, -0.25) is 4.79 Å². The summed E-state index contributed by atoms with van der Waals surface area (Å²) in [6.07, 6.45) is 14.5. The van der Waals surface area contributed by atoms with Gasteiger partial charge in [0.2, 0.25) is 0 Å². The number of carbonyl (C=O) groups is 1. The SMILES string of the molecule is C[C@H](CCCc1ccccc1)OC1=CC2=C3CCCCC3C3CCC(=O)CC3C2C(O)=C1. The topological polar surface area (TPSA) is 46.5 Å². The number of aryl methyl sites for hydroxylation is 1. The number of hydrogen-bond acceptors (Lipinski definition) is 3. The summed E-state index contributed by atoms with van der Waals surface area (Å²) in [7, 11) is 0. The first kappa shape index (κ1) is 21.6. The predicted molar refractivity (Wildman–Crippen MR) is 127 cm³/mol. The lowest BCUT2D eigenvalue weighted by atomic mass is 9.55. The number of ketones is 1. The Hall–Kier alpha value is -2.29. The van der Waals surface area contributed by atoms with Crippen LogP contribution in [0.5, 0.6) is 0 Å². The van der Waals surface area contributed by atoms with Crippen molar-refractivity contribution >= 4 is 5.78 Å². The summed E-state index contributed by atoms with van der Waals surface area (Å²) in [6.45, 7) is 2.13. The van der Waals surface area contributed by atoms with Crippen LogP contribution in [0.1, 0.15) is 70.3 Å². The van der Waals surface area contributed by atoms with Gasteiger partial charge in [0, 0.05) is 24.8 Å². The molecule has 4 aliphatic carbocycles. The van der Waals surface area contributed by atoms with Gasteiger partial charge >= 0.3 is 0 Å². The van der Waals surface area contributed by atoms with Crippen molar-refractivity contribution in [3.05, 3.63) is 70.7 Å². The second-order valence-electron chi connectivity index (χ2n) is 10.3. The molecule has 0 radical (unpaired) electrons. The number of carbonyl (C=O) groups excluding carboxylic acids is 1. The Labute approximate surface area is 192 Å². The molecule has 0 amide bonds. The van der Waals surface area contributed by atoms with Crippen LogP contribution in [0.4, 0.5) is 0 Å². The van der Waals surface area contributed by atoms with E-state index in [-0.39, 0.29) is 17.9 Å². The van der Waals surface area contributed by atoms with Crippen LogP contribution in [0.3, 0.4) is 0 Å². The highest BCUT2D eigenvalue weighted by Gasteiger charge is 2.48. The Morgan fingerprint density at radius 3 is 2.75 bits per heavy atom. The highest BCUT2D eigenvalue weighted by Crippen LogP contribution is 2.55. The van der Waals surface area contributed by atoms with Crippen LogP contribution in [0.25, 0.3) is 0 Å². The van der Waals surface area contributed by atoms with Crippen molar-refractivity contribution in [2.24, 2.45) is 23.7 Å². The molecule has 5 atom stereocenters. The fraction of sp³-hybridized carbons (Fsp3) is 0.552. The molecule has 0 bridgehead atoms. The van der Waals surface area contributed by atoms with Crippen molar-refractivity contribution in [3.8, 4) is 0 Å². The van der Waals surface area contributed by atoms with Crippen molar-refractivity contribution in [1.29, 1.82) is 0 Å². The van der Waals surface area contributed by atoms with Gasteiger partial charge in [0.25, 0.3) is 0 Å². The molecule has 2 fully saturated rings. The van der Waals surface area contributed by atoms with Crippen molar-refractivity contribution in [3.63, 3.8) is 0 Å². The Morgan fingerprint density at radius 2 is 1.91 bits per heavy atom. The van der Waals surface area contributed by atoms with Crippen molar-refractivity contribution in [2.45, 2.75) is 77.2 Å². The number of fused-ring (bicyclic) bond motifs is 5. The smallest absolute Gasteiger partial charge is 0.133 e. The molecule has 32 heavy (non-hydrogen) atoms. The van der Waals surface area contributed by atoms with Gasteiger partial charge in [0.1, 0.15) is 17.3 Å². The standard InChI is InChI=1S/C29H36O3/c1-19(8-7-11-20-9-3-2-4-10-20)32-22-17-27-24-13-6-5-12-23(24)25-15-14-21(30)16-26(25)29(27)28(31)18-22/h2-4,9-10,17-19,23,25-26,29,31H,5-8,11-16H2,1H3/t19-,23?,25?,26?,29?/m1/s1. The van der Waals surface area contributed by atoms with Crippen LogP contribution in [0, 0.1) is 23.7 Å². The van der Waals surface area contributed by atoms with E-state index in [4.69, 9.17) is 4.74 Å². The molecule has 4 unspecified atom stereocenters. The zero-order valence-corrected chi connectivity index (χ0v) is 19.3. The molecule has 1 N–H and O–H groups in total. The average molecular weight is 433 g/mol. The van der Waals surface area contributed by atoms with E-state index in [9.17, 15) is 9.90 Å². The molecule has 170 valence electrons.